The van der Waals surface area contributed by atoms with E-state index in [0.29, 0.717) is 17.1 Å². The van der Waals surface area contributed by atoms with Crippen molar-refractivity contribution < 1.29 is 24.2 Å². The third-order valence-electron chi connectivity index (χ3n) is 3.79. The van der Waals surface area contributed by atoms with E-state index in [0.717, 1.165) is 16.7 Å². The standard InChI is InChI=1S/C17H22NO5P/c1-10-8-14(4-5-15(10)19)23-17-11(2)6-13(7-12(17)3)9-16(18)24(20,21)22/h4-8,16,19H,9,18H2,1-3H3,(H2,20,21,22). The number of hydrogen-bond acceptors (Lipinski definition) is 4. The van der Waals surface area contributed by atoms with Gasteiger partial charge in [0.15, 0.2) is 0 Å². The molecule has 0 heterocycles. The number of ether oxygens (including phenoxy) is 1. The molecule has 2 rings (SSSR count). The highest BCUT2D eigenvalue weighted by Crippen LogP contribution is 2.40. The number of phenols is 1. The third-order valence-corrected chi connectivity index (χ3v) is 4.83. The van der Waals surface area contributed by atoms with E-state index in [-0.39, 0.29) is 12.2 Å². The molecule has 1 unspecified atom stereocenters. The van der Waals surface area contributed by atoms with Crippen molar-refractivity contribution in [2.75, 3.05) is 0 Å². The lowest BCUT2D eigenvalue weighted by molar-refractivity contribution is 0.358. The monoisotopic (exact) mass is 351 g/mol. The number of benzene rings is 2. The Hall–Kier alpha value is -1.85. The molecule has 0 fully saturated rings. The van der Waals surface area contributed by atoms with Crippen molar-refractivity contribution in [3.8, 4) is 17.2 Å². The minimum atomic E-state index is -4.31. The number of aromatic hydroxyl groups is 1. The molecule has 6 nitrogen and oxygen atoms in total. The molecule has 24 heavy (non-hydrogen) atoms. The van der Waals surface area contributed by atoms with Crippen molar-refractivity contribution in [3.05, 3.63) is 52.6 Å². The van der Waals surface area contributed by atoms with Crippen molar-refractivity contribution >= 4 is 7.60 Å². The van der Waals surface area contributed by atoms with Gasteiger partial charge in [0, 0.05) is 0 Å². The summed E-state index contributed by atoms with van der Waals surface area (Å²) >= 11 is 0. The first-order valence-electron chi connectivity index (χ1n) is 7.46. The van der Waals surface area contributed by atoms with Crippen LogP contribution in [0.5, 0.6) is 17.2 Å². The molecule has 0 saturated heterocycles. The summed E-state index contributed by atoms with van der Waals surface area (Å²) in [5.41, 5.74) is 8.70. The Labute approximate surface area is 141 Å². The van der Waals surface area contributed by atoms with Gasteiger partial charge < -0.3 is 25.4 Å². The molecule has 0 radical (unpaired) electrons. The molecular weight excluding hydrogens is 329 g/mol. The molecule has 5 N–H and O–H groups in total. The molecule has 130 valence electrons. The Morgan fingerprint density at radius 1 is 1.08 bits per heavy atom. The Balaban J connectivity index is 2.26. The number of rotatable bonds is 5. The zero-order chi connectivity index (χ0) is 18.1. The minimum absolute atomic E-state index is 0.0879. The number of phenolic OH excluding ortho intramolecular Hbond substituents is 1. The van der Waals surface area contributed by atoms with Gasteiger partial charge in [-0.25, -0.2) is 0 Å². The Kier molecular flexibility index (Phi) is 5.35. The van der Waals surface area contributed by atoms with Crippen molar-refractivity contribution in [3.63, 3.8) is 0 Å². The predicted octanol–water partition coefficient (Wildman–Crippen LogP) is 3.11. The summed E-state index contributed by atoms with van der Waals surface area (Å²) in [6, 6.07) is 8.61. The third kappa shape index (κ3) is 4.36. The van der Waals surface area contributed by atoms with Crippen molar-refractivity contribution in [1.82, 2.24) is 0 Å². The van der Waals surface area contributed by atoms with Gasteiger partial charge in [0.05, 0.1) is 0 Å². The number of nitrogens with two attached hydrogens (primary N) is 1. The molecule has 0 aliphatic carbocycles. The van der Waals surface area contributed by atoms with E-state index in [9.17, 15) is 9.67 Å². The van der Waals surface area contributed by atoms with Crippen LogP contribution in [0, 0.1) is 20.8 Å². The van der Waals surface area contributed by atoms with E-state index in [1.165, 1.54) is 0 Å². The molecule has 0 spiro atoms. The lowest BCUT2D eigenvalue weighted by Crippen LogP contribution is -2.22. The molecule has 0 aliphatic rings. The SMILES string of the molecule is Cc1cc(Oc2c(C)cc(CC(N)P(=O)(O)O)cc2C)ccc1O. The molecule has 0 saturated carbocycles. The summed E-state index contributed by atoms with van der Waals surface area (Å²) in [4.78, 5) is 18.2. The second kappa shape index (κ2) is 6.95. The molecule has 0 aliphatic heterocycles. The van der Waals surface area contributed by atoms with Gasteiger partial charge >= 0.3 is 7.60 Å². The molecule has 1 atom stereocenters. The van der Waals surface area contributed by atoms with Gasteiger partial charge in [-0.05, 0) is 67.6 Å². The Bertz CT molecular complexity index is 777. The summed E-state index contributed by atoms with van der Waals surface area (Å²) in [7, 11) is -4.31. The summed E-state index contributed by atoms with van der Waals surface area (Å²) in [5, 5.41) is 9.57. The molecule has 0 aromatic heterocycles. The normalized spacial score (nSPS) is 12.9. The van der Waals surface area contributed by atoms with E-state index in [1.807, 2.05) is 26.0 Å². The Morgan fingerprint density at radius 3 is 2.17 bits per heavy atom. The van der Waals surface area contributed by atoms with Crippen molar-refractivity contribution in [2.24, 2.45) is 5.73 Å². The maximum absolute atomic E-state index is 11.2. The van der Waals surface area contributed by atoms with Crippen LogP contribution < -0.4 is 10.5 Å². The van der Waals surface area contributed by atoms with Crippen molar-refractivity contribution in [1.29, 1.82) is 0 Å². The molecular formula is C17H22NO5P. The van der Waals surface area contributed by atoms with Crippen LogP contribution in [-0.2, 0) is 11.0 Å². The average molecular weight is 351 g/mol. The highest BCUT2D eigenvalue weighted by molar-refractivity contribution is 7.52. The maximum atomic E-state index is 11.2. The van der Waals surface area contributed by atoms with Crippen LogP contribution in [0.3, 0.4) is 0 Å². The first-order valence-corrected chi connectivity index (χ1v) is 9.14. The van der Waals surface area contributed by atoms with Crippen LogP contribution in [-0.4, -0.2) is 20.7 Å². The molecule has 2 aromatic carbocycles. The first kappa shape index (κ1) is 18.5. The Morgan fingerprint density at radius 2 is 1.67 bits per heavy atom. The van der Waals surface area contributed by atoms with Crippen LogP contribution in [0.2, 0.25) is 0 Å². The van der Waals surface area contributed by atoms with Gasteiger partial charge in [-0.3, -0.25) is 4.57 Å². The summed E-state index contributed by atoms with van der Waals surface area (Å²) in [6.07, 6.45) is 0.0879. The second-order valence-electron chi connectivity index (χ2n) is 5.97. The smallest absolute Gasteiger partial charge is 0.342 e. The lowest BCUT2D eigenvalue weighted by atomic mass is 10.0. The zero-order valence-electron chi connectivity index (χ0n) is 13.9. The van der Waals surface area contributed by atoms with E-state index >= 15 is 0 Å². The van der Waals surface area contributed by atoms with Crippen molar-refractivity contribution in [2.45, 2.75) is 33.0 Å². The highest BCUT2D eigenvalue weighted by atomic mass is 31.2. The molecule has 2 aromatic rings. The quantitative estimate of drug-likeness (QED) is 0.616. The average Bonchev–Trinajstić information content (AvgIpc) is 2.45. The van der Waals surface area contributed by atoms with E-state index in [2.05, 4.69) is 0 Å². The highest BCUT2D eigenvalue weighted by Gasteiger charge is 2.25. The fraction of sp³-hybridized carbons (Fsp3) is 0.294. The van der Waals surface area contributed by atoms with E-state index in [4.69, 9.17) is 20.3 Å². The summed E-state index contributed by atoms with van der Waals surface area (Å²) in [6.45, 7) is 5.51. The van der Waals surface area contributed by atoms with Gasteiger partial charge in [-0.1, -0.05) is 12.1 Å². The summed E-state index contributed by atoms with van der Waals surface area (Å²) in [5.74, 6) is 0.269. The number of aryl methyl sites for hydroxylation is 3. The number of hydrogen-bond donors (Lipinski definition) is 4. The molecule has 0 bridgehead atoms. The van der Waals surface area contributed by atoms with Gasteiger partial charge in [0.25, 0.3) is 0 Å². The first-order chi connectivity index (χ1) is 11.1. The largest absolute Gasteiger partial charge is 0.508 e. The van der Waals surface area contributed by atoms with Crippen LogP contribution in [0.25, 0.3) is 0 Å². The topological polar surface area (TPSA) is 113 Å². The van der Waals surface area contributed by atoms with Crippen LogP contribution in [0.15, 0.2) is 30.3 Å². The molecule has 7 heteroatoms. The summed E-state index contributed by atoms with van der Waals surface area (Å²) < 4.78 is 17.1. The van der Waals surface area contributed by atoms with E-state index in [1.54, 1.807) is 25.1 Å². The van der Waals surface area contributed by atoms with Gasteiger partial charge in [0.2, 0.25) is 0 Å². The zero-order valence-corrected chi connectivity index (χ0v) is 14.7. The lowest BCUT2D eigenvalue weighted by Gasteiger charge is -2.17. The molecule has 0 amide bonds. The van der Waals surface area contributed by atoms with E-state index < -0.39 is 13.4 Å². The minimum Gasteiger partial charge on any atom is -0.508 e. The van der Waals surface area contributed by atoms with Crippen LogP contribution in [0.1, 0.15) is 22.3 Å². The second-order valence-corrected chi connectivity index (χ2v) is 7.81. The maximum Gasteiger partial charge on any atom is 0.342 e. The van der Waals surface area contributed by atoms with Crippen LogP contribution >= 0.6 is 7.60 Å². The fourth-order valence-corrected chi connectivity index (χ4v) is 2.94. The fourth-order valence-electron chi connectivity index (χ4n) is 2.49. The predicted molar refractivity (Wildman–Crippen MR) is 92.6 cm³/mol. The van der Waals surface area contributed by atoms with Gasteiger partial charge in [-0.2, -0.15) is 0 Å². The van der Waals surface area contributed by atoms with Gasteiger partial charge in [0.1, 0.15) is 23.0 Å². The van der Waals surface area contributed by atoms with Crippen LogP contribution in [0.4, 0.5) is 0 Å². The van der Waals surface area contributed by atoms with Gasteiger partial charge in [-0.15, -0.1) is 0 Å².